The molecule has 27 heavy (non-hydrogen) atoms. The Balaban J connectivity index is 2.08. The van der Waals surface area contributed by atoms with E-state index in [-0.39, 0.29) is 11.7 Å². The molecule has 0 spiro atoms. The lowest BCUT2D eigenvalue weighted by Gasteiger charge is -2.05. The number of nitrogens with zero attached hydrogens (tertiary/aromatic N) is 2. The van der Waals surface area contributed by atoms with Gasteiger partial charge in [-0.1, -0.05) is 11.3 Å². The number of fused-ring (bicyclic) bond motifs is 1. The molecule has 0 atom stereocenters. The highest BCUT2D eigenvalue weighted by Gasteiger charge is 2.14. The molecule has 3 rings (SSSR count). The minimum absolute atomic E-state index is 0.143. The molecule has 0 aliphatic rings. The van der Waals surface area contributed by atoms with E-state index in [0.29, 0.717) is 34.8 Å². The van der Waals surface area contributed by atoms with E-state index >= 15 is 0 Å². The summed E-state index contributed by atoms with van der Waals surface area (Å²) < 4.78 is 18.7. The monoisotopic (exact) mass is 452 g/mol. The van der Waals surface area contributed by atoms with Crippen molar-refractivity contribution in [1.29, 1.82) is 0 Å². The van der Waals surface area contributed by atoms with Crippen molar-refractivity contribution in [2.24, 2.45) is 4.99 Å². The highest BCUT2D eigenvalue weighted by molar-refractivity contribution is 9.10. The molecule has 1 aromatic carbocycles. The number of hydrogen-bond donors (Lipinski definition) is 0. The van der Waals surface area contributed by atoms with Crippen LogP contribution in [0.2, 0.25) is 0 Å². The predicted molar refractivity (Wildman–Crippen MR) is 104 cm³/mol. The predicted octanol–water partition coefficient (Wildman–Crippen LogP) is 3.62. The van der Waals surface area contributed by atoms with Gasteiger partial charge in [-0.15, -0.1) is 0 Å². The fraction of sp³-hybridized carbons (Fsp3) is 0.278. The Labute approximate surface area is 167 Å². The Morgan fingerprint density at radius 2 is 2.11 bits per heavy atom. The van der Waals surface area contributed by atoms with E-state index in [2.05, 4.69) is 20.9 Å². The van der Waals surface area contributed by atoms with Crippen LogP contribution in [-0.2, 0) is 16.0 Å². The van der Waals surface area contributed by atoms with E-state index < -0.39 is 5.91 Å². The maximum absolute atomic E-state index is 12.4. The first-order valence-electron chi connectivity index (χ1n) is 8.17. The average molecular weight is 453 g/mol. The number of hydrogen-bond acceptors (Lipinski definition) is 6. The molecule has 0 bridgehead atoms. The van der Waals surface area contributed by atoms with Crippen LogP contribution in [-0.4, -0.2) is 36.8 Å². The number of methoxy groups -OCH3 is 1. The molecule has 0 unspecified atom stereocenters. The van der Waals surface area contributed by atoms with Crippen LogP contribution >= 0.6 is 27.3 Å². The molecule has 142 valence electrons. The first kappa shape index (κ1) is 19.5. The second-order valence-corrected chi connectivity index (χ2v) is 7.24. The van der Waals surface area contributed by atoms with Crippen LogP contribution in [0.4, 0.5) is 0 Å². The van der Waals surface area contributed by atoms with Crippen molar-refractivity contribution < 1.29 is 23.5 Å². The van der Waals surface area contributed by atoms with Gasteiger partial charge in [0.25, 0.3) is 0 Å². The van der Waals surface area contributed by atoms with Gasteiger partial charge in [-0.3, -0.25) is 4.79 Å². The lowest BCUT2D eigenvalue weighted by molar-refractivity contribution is 0.0526. The van der Waals surface area contributed by atoms with Crippen LogP contribution in [0.1, 0.15) is 27.8 Å². The van der Waals surface area contributed by atoms with Crippen molar-refractivity contribution in [2.75, 3.05) is 20.3 Å². The summed E-state index contributed by atoms with van der Waals surface area (Å²) in [5, 5.41) is 0. The molecule has 0 saturated carbocycles. The molecule has 2 aromatic heterocycles. The number of esters is 1. The average Bonchev–Trinajstić information content (AvgIpc) is 3.23. The molecule has 7 nitrogen and oxygen atoms in total. The zero-order chi connectivity index (χ0) is 19.4. The summed E-state index contributed by atoms with van der Waals surface area (Å²) in [7, 11) is 1.61. The van der Waals surface area contributed by atoms with Gasteiger partial charge in [0.1, 0.15) is 0 Å². The Kier molecular flexibility index (Phi) is 6.25. The van der Waals surface area contributed by atoms with Crippen LogP contribution in [0, 0.1) is 0 Å². The molecule has 0 aliphatic carbocycles. The fourth-order valence-corrected chi connectivity index (χ4v) is 3.87. The molecular weight excluding hydrogens is 436 g/mol. The van der Waals surface area contributed by atoms with Crippen LogP contribution in [0.5, 0.6) is 0 Å². The first-order valence-corrected chi connectivity index (χ1v) is 9.78. The SMILES string of the molecule is CCOC(=O)c1ccc2c(c1)sc(=NC(=O)c1ccc(Br)o1)n2CCOC. The van der Waals surface area contributed by atoms with Crippen molar-refractivity contribution in [3.05, 3.63) is 51.1 Å². The highest BCUT2D eigenvalue weighted by Crippen LogP contribution is 2.20. The summed E-state index contributed by atoms with van der Waals surface area (Å²) in [6.07, 6.45) is 0. The number of furan rings is 1. The molecule has 0 fully saturated rings. The number of benzene rings is 1. The quantitative estimate of drug-likeness (QED) is 0.533. The number of carbonyl (C=O) groups excluding carboxylic acids is 2. The third kappa shape index (κ3) is 4.37. The summed E-state index contributed by atoms with van der Waals surface area (Å²) in [5.74, 6) is -0.722. The van der Waals surface area contributed by atoms with Crippen molar-refractivity contribution in [2.45, 2.75) is 13.5 Å². The van der Waals surface area contributed by atoms with Gasteiger partial charge in [-0.25, -0.2) is 4.79 Å². The molecule has 0 radical (unpaired) electrons. The number of rotatable bonds is 6. The van der Waals surface area contributed by atoms with Crippen molar-refractivity contribution in [3.8, 4) is 0 Å². The third-order valence-corrected chi connectivity index (χ3v) is 5.16. The largest absolute Gasteiger partial charge is 0.462 e. The summed E-state index contributed by atoms with van der Waals surface area (Å²) in [4.78, 5) is 29.1. The Hall–Kier alpha value is -2.23. The molecule has 2 heterocycles. The Morgan fingerprint density at radius 1 is 1.30 bits per heavy atom. The van der Waals surface area contributed by atoms with Gasteiger partial charge in [0, 0.05) is 13.7 Å². The minimum atomic E-state index is -0.482. The van der Waals surface area contributed by atoms with E-state index in [1.807, 2.05) is 10.6 Å². The van der Waals surface area contributed by atoms with Crippen LogP contribution < -0.4 is 4.80 Å². The standard InChI is InChI=1S/C18H17BrN2O5S/c1-3-25-17(23)11-4-5-12-14(10-11)27-18(21(12)8-9-24-2)20-16(22)13-6-7-15(19)26-13/h4-7,10H,3,8-9H2,1-2H3. The normalized spacial score (nSPS) is 11.9. The summed E-state index contributed by atoms with van der Waals surface area (Å²) in [5.41, 5.74) is 1.31. The van der Waals surface area contributed by atoms with Crippen molar-refractivity contribution >= 4 is 49.4 Å². The zero-order valence-corrected chi connectivity index (χ0v) is 17.1. The van der Waals surface area contributed by atoms with Crippen LogP contribution in [0.15, 0.2) is 44.4 Å². The van der Waals surface area contributed by atoms with Crippen molar-refractivity contribution in [1.82, 2.24) is 4.57 Å². The number of ether oxygens (including phenoxy) is 2. The number of amides is 1. The van der Waals surface area contributed by atoms with Gasteiger partial charge in [-0.2, -0.15) is 4.99 Å². The maximum Gasteiger partial charge on any atom is 0.338 e. The first-order chi connectivity index (χ1) is 13.0. The van der Waals surface area contributed by atoms with Gasteiger partial charge in [0.05, 0.1) is 29.0 Å². The lowest BCUT2D eigenvalue weighted by atomic mass is 10.2. The highest BCUT2D eigenvalue weighted by atomic mass is 79.9. The van der Waals surface area contributed by atoms with Gasteiger partial charge in [0.2, 0.25) is 0 Å². The third-order valence-electron chi connectivity index (χ3n) is 3.69. The molecule has 9 heteroatoms. The number of aromatic nitrogens is 1. The number of halogens is 1. The second kappa shape index (κ2) is 8.64. The summed E-state index contributed by atoms with van der Waals surface area (Å²) >= 11 is 4.49. The van der Waals surface area contributed by atoms with Gasteiger partial charge < -0.3 is 18.5 Å². The number of thiazole rings is 1. The van der Waals surface area contributed by atoms with E-state index in [1.54, 1.807) is 38.3 Å². The second-order valence-electron chi connectivity index (χ2n) is 5.45. The maximum atomic E-state index is 12.4. The number of carbonyl (C=O) groups is 2. The molecule has 1 amide bonds. The lowest BCUT2D eigenvalue weighted by Crippen LogP contribution is -2.19. The Morgan fingerprint density at radius 3 is 2.78 bits per heavy atom. The van der Waals surface area contributed by atoms with E-state index in [9.17, 15) is 9.59 Å². The Bertz CT molecular complexity index is 1050. The van der Waals surface area contributed by atoms with Gasteiger partial charge in [-0.05, 0) is 53.2 Å². The molecule has 0 saturated heterocycles. The molecular formula is C18H17BrN2O5S. The van der Waals surface area contributed by atoms with Crippen molar-refractivity contribution in [3.63, 3.8) is 0 Å². The topological polar surface area (TPSA) is 83.0 Å². The summed E-state index contributed by atoms with van der Waals surface area (Å²) in [6, 6.07) is 8.46. The molecule has 0 N–H and O–H groups in total. The summed E-state index contributed by atoms with van der Waals surface area (Å²) in [6.45, 7) is 3.04. The fourth-order valence-electron chi connectivity index (χ4n) is 2.47. The zero-order valence-electron chi connectivity index (χ0n) is 14.7. The van der Waals surface area contributed by atoms with E-state index in [1.165, 1.54) is 11.3 Å². The molecule has 0 aliphatic heterocycles. The van der Waals surface area contributed by atoms with Crippen LogP contribution in [0.25, 0.3) is 10.2 Å². The van der Waals surface area contributed by atoms with Gasteiger partial charge in [0.15, 0.2) is 15.2 Å². The van der Waals surface area contributed by atoms with Gasteiger partial charge >= 0.3 is 11.9 Å². The van der Waals surface area contributed by atoms with E-state index in [0.717, 1.165) is 10.2 Å². The van der Waals surface area contributed by atoms with E-state index in [4.69, 9.17) is 13.9 Å². The van der Waals surface area contributed by atoms with Crippen LogP contribution in [0.3, 0.4) is 0 Å². The smallest absolute Gasteiger partial charge is 0.338 e. The minimum Gasteiger partial charge on any atom is -0.462 e. The molecule has 3 aromatic rings.